The fourth-order valence-electron chi connectivity index (χ4n) is 3.64. The molecule has 1 N–H and O–H groups in total. The summed E-state index contributed by atoms with van der Waals surface area (Å²) >= 11 is 12.2. The van der Waals surface area contributed by atoms with E-state index in [-0.39, 0.29) is 41.3 Å². The van der Waals surface area contributed by atoms with Gasteiger partial charge in [0.15, 0.2) is 0 Å². The molecule has 37 heavy (non-hydrogen) atoms. The first-order valence-electron chi connectivity index (χ1n) is 11.3. The van der Waals surface area contributed by atoms with Crippen molar-refractivity contribution in [3.63, 3.8) is 0 Å². The van der Waals surface area contributed by atoms with E-state index in [0.717, 1.165) is 5.56 Å². The van der Waals surface area contributed by atoms with E-state index >= 15 is 0 Å². The van der Waals surface area contributed by atoms with Crippen molar-refractivity contribution in [2.75, 3.05) is 32.1 Å². The highest BCUT2D eigenvalue weighted by Gasteiger charge is 2.22. The average molecular weight is 541 g/mol. The van der Waals surface area contributed by atoms with Gasteiger partial charge in [-0.3, -0.25) is 19.5 Å². The number of rotatable bonds is 9. The summed E-state index contributed by atoms with van der Waals surface area (Å²) in [6, 6.07) is 20.2. The number of amides is 2. The first-order chi connectivity index (χ1) is 17.9. The maximum atomic E-state index is 13.8. The molecule has 4 aromatic rings. The lowest BCUT2D eigenvalue weighted by molar-refractivity contribution is -0.117. The summed E-state index contributed by atoms with van der Waals surface area (Å²) in [5.74, 6) is -1.28. The number of hydrogen-bond acceptors (Lipinski definition) is 4. The minimum Gasteiger partial charge on any atom is -0.383 e. The molecule has 0 unspecified atom stereocenters. The third kappa shape index (κ3) is 6.35. The zero-order valence-electron chi connectivity index (χ0n) is 19.8. The second kappa shape index (κ2) is 12.0. The Morgan fingerprint density at radius 3 is 2.46 bits per heavy atom. The van der Waals surface area contributed by atoms with Crippen LogP contribution >= 0.6 is 23.2 Å². The Morgan fingerprint density at radius 2 is 1.76 bits per heavy atom. The molecule has 190 valence electrons. The van der Waals surface area contributed by atoms with Gasteiger partial charge in [0.1, 0.15) is 12.4 Å². The molecule has 1 heterocycles. The van der Waals surface area contributed by atoms with E-state index in [1.165, 1.54) is 30.2 Å². The summed E-state index contributed by atoms with van der Waals surface area (Å²) in [6.45, 7) is 0.126. The molecule has 10 heteroatoms. The lowest BCUT2D eigenvalue weighted by Gasteiger charge is -2.22. The van der Waals surface area contributed by atoms with E-state index in [0.29, 0.717) is 11.4 Å². The quantitative estimate of drug-likeness (QED) is 0.295. The Balaban J connectivity index is 1.63. The number of nitrogens with one attached hydrogen (secondary N) is 1. The van der Waals surface area contributed by atoms with Crippen LogP contribution in [0, 0.1) is 5.82 Å². The van der Waals surface area contributed by atoms with Gasteiger partial charge in [0.2, 0.25) is 11.9 Å². The Bertz CT molecular complexity index is 1410. The molecule has 1 aromatic heterocycles. The number of carbonyl (C=O) groups is 2. The van der Waals surface area contributed by atoms with Crippen LogP contribution in [0.3, 0.4) is 0 Å². The number of halogens is 3. The fraction of sp³-hybridized carbons (Fsp3) is 0.148. The first kappa shape index (κ1) is 26.3. The van der Waals surface area contributed by atoms with Crippen LogP contribution in [0.5, 0.6) is 0 Å². The highest BCUT2D eigenvalue weighted by atomic mass is 35.5. The van der Waals surface area contributed by atoms with Crippen molar-refractivity contribution in [1.29, 1.82) is 0 Å². The van der Waals surface area contributed by atoms with Gasteiger partial charge in [-0.1, -0.05) is 65.7 Å². The highest BCUT2D eigenvalue weighted by Crippen LogP contribution is 2.27. The zero-order valence-corrected chi connectivity index (χ0v) is 21.3. The van der Waals surface area contributed by atoms with Crippen molar-refractivity contribution in [1.82, 2.24) is 14.5 Å². The van der Waals surface area contributed by atoms with E-state index in [4.69, 9.17) is 27.9 Å². The number of nitrogens with zero attached hydrogens (tertiary/aromatic N) is 3. The second-order valence-electron chi connectivity index (χ2n) is 8.03. The van der Waals surface area contributed by atoms with Gasteiger partial charge in [0.25, 0.3) is 5.91 Å². The van der Waals surface area contributed by atoms with Crippen LogP contribution in [-0.4, -0.2) is 53.1 Å². The molecular formula is C27H23Cl2FN4O3. The SMILES string of the molecule is COCCN(CC(=O)Nc1nc(-c2ccccc2)cn1-c1ccc(F)c(Cl)c1)C(=O)c1ccccc1Cl. The predicted molar refractivity (Wildman–Crippen MR) is 142 cm³/mol. The van der Waals surface area contributed by atoms with Crippen LogP contribution < -0.4 is 5.32 Å². The third-order valence-corrected chi connectivity index (χ3v) is 6.12. The van der Waals surface area contributed by atoms with Gasteiger partial charge in [-0.15, -0.1) is 0 Å². The molecule has 7 nitrogen and oxygen atoms in total. The number of anilines is 1. The van der Waals surface area contributed by atoms with E-state index < -0.39 is 17.6 Å². The van der Waals surface area contributed by atoms with Crippen molar-refractivity contribution < 1.29 is 18.7 Å². The summed E-state index contributed by atoms with van der Waals surface area (Å²) in [6.07, 6.45) is 1.71. The Labute approximate surface area is 223 Å². The monoisotopic (exact) mass is 540 g/mol. The van der Waals surface area contributed by atoms with E-state index in [9.17, 15) is 14.0 Å². The molecule has 2 amide bonds. The maximum Gasteiger partial charge on any atom is 0.255 e. The van der Waals surface area contributed by atoms with Gasteiger partial charge in [-0.25, -0.2) is 9.37 Å². The summed E-state index contributed by atoms with van der Waals surface area (Å²) in [7, 11) is 1.51. The van der Waals surface area contributed by atoms with Crippen LogP contribution in [0.2, 0.25) is 10.0 Å². The third-order valence-electron chi connectivity index (χ3n) is 5.50. The Hall–Kier alpha value is -3.72. The lowest BCUT2D eigenvalue weighted by Crippen LogP contribution is -2.40. The number of imidazole rings is 1. The summed E-state index contributed by atoms with van der Waals surface area (Å²) in [5, 5.41) is 2.98. The molecular weight excluding hydrogens is 518 g/mol. The molecule has 0 aliphatic rings. The standard InChI is InChI=1S/C27H23Cl2FN4O3/c1-37-14-13-33(26(36)20-9-5-6-10-21(20)28)17-25(35)32-27-31-24(18-7-3-2-4-8-18)16-34(27)19-11-12-23(30)22(29)15-19/h2-12,15-16H,13-14,17H2,1H3,(H,31,32,35). The van der Waals surface area contributed by atoms with Crippen LogP contribution in [0.25, 0.3) is 16.9 Å². The number of ether oxygens (including phenoxy) is 1. The number of carbonyl (C=O) groups excluding carboxylic acids is 2. The summed E-state index contributed by atoms with van der Waals surface area (Å²) in [4.78, 5) is 32.2. The van der Waals surface area contributed by atoms with Gasteiger partial charge in [0, 0.05) is 25.4 Å². The second-order valence-corrected chi connectivity index (χ2v) is 8.85. The van der Waals surface area contributed by atoms with Crippen molar-refractivity contribution in [2.24, 2.45) is 0 Å². The van der Waals surface area contributed by atoms with Gasteiger partial charge in [0.05, 0.1) is 33.6 Å². The molecule has 3 aromatic carbocycles. The van der Waals surface area contributed by atoms with Gasteiger partial charge in [-0.2, -0.15) is 0 Å². The van der Waals surface area contributed by atoms with Crippen molar-refractivity contribution in [3.8, 4) is 16.9 Å². The molecule has 0 aliphatic heterocycles. The smallest absolute Gasteiger partial charge is 0.255 e. The molecule has 4 rings (SSSR count). The van der Waals surface area contributed by atoms with E-state index in [2.05, 4.69) is 10.3 Å². The maximum absolute atomic E-state index is 13.8. The van der Waals surface area contributed by atoms with Gasteiger partial charge < -0.3 is 9.64 Å². The van der Waals surface area contributed by atoms with Crippen molar-refractivity contribution in [2.45, 2.75) is 0 Å². The molecule has 0 bridgehead atoms. The summed E-state index contributed by atoms with van der Waals surface area (Å²) in [5.41, 5.74) is 2.18. The Morgan fingerprint density at radius 1 is 1.03 bits per heavy atom. The number of aromatic nitrogens is 2. The molecule has 0 saturated heterocycles. The normalized spacial score (nSPS) is 10.8. The molecule has 0 atom stereocenters. The summed E-state index contributed by atoms with van der Waals surface area (Å²) < 4.78 is 20.5. The van der Waals surface area contributed by atoms with Gasteiger partial charge >= 0.3 is 0 Å². The zero-order chi connectivity index (χ0) is 26.4. The molecule has 0 saturated carbocycles. The largest absolute Gasteiger partial charge is 0.383 e. The highest BCUT2D eigenvalue weighted by molar-refractivity contribution is 6.33. The molecule has 0 aliphatic carbocycles. The molecule has 0 spiro atoms. The van der Waals surface area contributed by atoms with Crippen LogP contribution in [0.15, 0.2) is 79.0 Å². The van der Waals surface area contributed by atoms with Crippen molar-refractivity contribution in [3.05, 3.63) is 100 Å². The number of benzene rings is 3. The Kier molecular flexibility index (Phi) is 8.55. The average Bonchev–Trinajstić information content (AvgIpc) is 3.32. The molecule has 0 radical (unpaired) electrons. The lowest BCUT2D eigenvalue weighted by atomic mass is 10.2. The van der Waals surface area contributed by atoms with Gasteiger partial charge in [-0.05, 0) is 30.3 Å². The van der Waals surface area contributed by atoms with E-state index in [1.54, 1.807) is 35.0 Å². The predicted octanol–water partition coefficient (Wildman–Crippen LogP) is 5.71. The van der Waals surface area contributed by atoms with Crippen LogP contribution in [0.1, 0.15) is 10.4 Å². The topological polar surface area (TPSA) is 76.5 Å². The van der Waals surface area contributed by atoms with Crippen LogP contribution in [0.4, 0.5) is 10.3 Å². The van der Waals surface area contributed by atoms with Crippen molar-refractivity contribution >= 4 is 41.0 Å². The van der Waals surface area contributed by atoms with E-state index in [1.807, 2.05) is 30.3 Å². The minimum atomic E-state index is -0.564. The number of methoxy groups -OCH3 is 1. The minimum absolute atomic E-state index is 0.0687. The van der Waals surface area contributed by atoms with Crippen LogP contribution in [-0.2, 0) is 9.53 Å². The first-order valence-corrected chi connectivity index (χ1v) is 12.1. The molecule has 0 fully saturated rings. The fourth-order valence-corrected chi connectivity index (χ4v) is 4.04. The number of hydrogen-bond donors (Lipinski definition) is 1.